The molecule has 1 aliphatic rings. The number of alkyl halides is 1. The van der Waals surface area contributed by atoms with Gasteiger partial charge in [-0.05, 0) is 19.8 Å². The van der Waals surface area contributed by atoms with Gasteiger partial charge in [0.15, 0.2) is 0 Å². The molecule has 1 heterocycles. The summed E-state index contributed by atoms with van der Waals surface area (Å²) in [6, 6.07) is 0. The van der Waals surface area contributed by atoms with Crippen LogP contribution in [0.25, 0.3) is 0 Å². The molecule has 0 aromatic carbocycles. The van der Waals surface area contributed by atoms with Gasteiger partial charge in [0.05, 0.1) is 5.69 Å². The smallest absolute Gasteiger partial charge is 0.0696 e. The Labute approximate surface area is 87.2 Å². The number of rotatable bonds is 2. The van der Waals surface area contributed by atoms with E-state index in [-0.39, 0.29) is 0 Å². The molecule has 0 saturated heterocycles. The first kappa shape index (κ1) is 9.25. The molecule has 0 unspecified atom stereocenters. The number of H-pyrrole nitrogens is 1. The van der Waals surface area contributed by atoms with Gasteiger partial charge in [0.2, 0.25) is 0 Å². The van der Waals surface area contributed by atoms with Crippen molar-refractivity contribution in [2.75, 3.05) is 0 Å². The van der Waals surface area contributed by atoms with Crippen LogP contribution in [-0.2, 0) is 5.33 Å². The van der Waals surface area contributed by atoms with E-state index in [1.54, 1.807) is 0 Å². The summed E-state index contributed by atoms with van der Waals surface area (Å²) in [6.07, 6.45) is 5.39. The highest BCUT2D eigenvalue weighted by molar-refractivity contribution is 9.08. The summed E-state index contributed by atoms with van der Waals surface area (Å²) < 4.78 is 0. The predicted octanol–water partition coefficient (Wildman–Crippen LogP) is 3.27. The lowest BCUT2D eigenvalue weighted by Gasteiger charge is -2.06. The number of halogens is 1. The van der Waals surface area contributed by atoms with Gasteiger partial charge >= 0.3 is 0 Å². The molecule has 0 amide bonds. The van der Waals surface area contributed by atoms with E-state index < -0.39 is 0 Å². The number of aromatic nitrogens is 2. The van der Waals surface area contributed by atoms with E-state index in [0.29, 0.717) is 0 Å². The van der Waals surface area contributed by atoms with Crippen LogP contribution in [0.1, 0.15) is 48.6 Å². The van der Waals surface area contributed by atoms with Gasteiger partial charge in [0, 0.05) is 22.5 Å². The summed E-state index contributed by atoms with van der Waals surface area (Å²) in [5.74, 6) is 0.720. The Balaban J connectivity index is 2.27. The number of nitrogens with zero attached hydrogens (tertiary/aromatic N) is 1. The van der Waals surface area contributed by atoms with Crippen LogP contribution in [0.15, 0.2) is 0 Å². The molecule has 1 aromatic heterocycles. The molecule has 13 heavy (non-hydrogen) atoms. The quantitative estimate of drug-likeness (QED) is 0.793. The molecular formula is C10H15BrN2. The van der Waals surface area contributed by atoms with Crippen molar-refractivity contribution in [3.63, 3.8) is 0 Å². The van der Waals surface area contributed by atoms with Gasteiger partial charge in [-0.1, -0.05) is 28.8 Å². The molecule has 1 aromatic rings. The van der Waals surface area contributed by atoms with Crippen molar-refractivity contribution < 1.29 is 0 Å². The van der Waals surface area contributed by atoms with Crippen LogP contribution in [0.2, 0.25) is 0 Å². The summed E-state index contributed by atoms with van der Waals surface area (Å²) in [5.41, 5.74) is 3.91. The van der Waals surface area contributed by atoms with Gasteiger partial charge in [-0.3, -0.25) is 5.10 Å². The fourth-order valence-electron chi connectivity index (χ4n) is 2.18. The van der Waals surface area contributed by atoms with Gasteiger partial charge in [-0.25, -0.2) is 0 Å². The third kappa shape index (κ3) is 1.66. The number of hydrogen-bond acceptors (Lipinski definition) is 1. The van der Waals surface area contributed by atoms with Crippen molar-refractivity contribution in [2.24, 2.45) is 0 Å². The highest BCUT2D eigenvalue weighted by Crippen LogP contribution is 2.35. The van der Waals surface area contributed by atoms with E-state index in [9.17, 15) is 0 Å². The fourth-order valence-corrected chi connectivity index (χ4v) is 2.88. The molecule has 0 radical (unpaired) electrons. The van der Waals surface area contributed by atoms with Crippen molar-refractivity contribution in [3.8, 4) is 0 Å². The van der Waals surface area contributed by atoms with Crippen LogP contribution in [0.5, 0.6) is 0 Å². The Hall–Kier alpha value is -0.310. The topological polar surface area (TPSA) is 28.7 Å². The monoisotopic (exact) mass is 242 g/mol. The lowest BCUT2D eigenvalue weighted by Crippen LogP contribution is -1.96. The third-order valence-corrected chi connectivity index (χ3v) is 3.54. The van der Waals surface area contributed by atoms with Crippen LogP contribution in [-0.4, -0.2) is 10.2 Å². The average Bonchev–Trinajstić information content (AvgIpc) is 2.71. The van der Waals surface area contributed by atoms with E-state index in [4.69, 9.17) is 0 Å². The zero-order valence-corrected chi connectivity index (χ0v) is 9.52. The number of aromatic amines is 1. The average molecular weight is 243 g/mol. The molecular weight excluding hydrogens is 228 g/mol. The number of nitrogens with one attached hydrogen (secondary N) is 1. The largest absolute Gasteiger partial charge is 0.282 e. The second kappa shape index (κ2) is 3.82. The maximum atomic E-state index is 4.41. The third-order valence-electron chi connectivity index (χ3n) is 2.98. The first-order valence-corrected chi connectivity index (χ1v) is 6.04. The summed E-state index contributed by atoms with van der Waals surface area (Å²) >= 11 is 3.53. The van der Waals surface area contributed by atoms with E-state index in [1.807, 2.05) is 0 Å². The molecule has 72 valence electrons. The summed E-state index contributed by atoms with van der Waals surface area (Å²) in [4.78, 5) is 0. The van der Waals surface area contributed by atoms with Crippen LogP contribution in [0, 0.1) is 6.92 Å². The van der Waals surface area contributed by atoms with Crippen molar-refractivity contribution in [2.45, 2.75) is 43.9 Å². The van der Waals surface area contributed by atoms with Gasteiger partial charge in [0.25, 0.3) is 0 Å². The lowest BCUT2D eigenvalue weighted by atomic mass is 10.00. The normalized spacial score (nSPS) is 18.3. The van der Waals surface area contributed by atoms with Gasteiger partial charge in [0.1, 0.15) is 0 Å². The number of aryl methyl sites for hydroxylation is 1. The predicted molar refractivity (Wildman–Crippen MR) is 57.2 cm³/mol. The standard InChI is InChI=1S/C10H15BrN2/c1-7-9(6-11)10(13-12-7)8-4-2-3-5-8/h8H,2-6H2,1H3,(H,12,13). The minimum Gasteiger partial charge on any atom is -0.282 e. The van der Waals surface area contributed by atoms with E-state index in [1.165, 1.54) is 42.6 Å². The fraction of sp³-hybridized carbons (Fsp3) is 0.700. The van der Waals surface area contributed by atoms with E-state index >= 15 is 0 Å². The minimum atomic E-state index is 0.720. The zero-order chi connectivity index (χ0) is 9.26. The summed E-state index contributed by atoms with van der Waals surface area (Å²) in [5, 5.41) is 8.43. The first-order valence-electron chi connectivity index (χ1n) is 4.92. The Morgan fingerprint density at radius 2 is 2.15 bits per heavy atom. The highest BCUT2D eigenvalue weighted by atomic mass is 79.9. The zero-order valence-electron chi connectivity index (χ0n) is 7.94. The molecule has 1 fully saturated rings. The van der Waals surface area contributed by atoms with E-state index in [0.717, 1.165) is 11.2 Å². The van der Waals surface area contributed by atoms with Crippen molar-refractivity contribution in [1.82, 2.24) is 10.2 Å². The van der Waals surface area contributed by atoms with Gasteiger partial charge in [-0.2, -0.15) is 5.10 Å². The Bertz CT molecular complexity index is 287. The SMILES string of the molecule is Cc1[nH]nc(C2CCCC2)c1CBr. The van der Waals surface area contributed by atoms with E-state index in [2.05, 4.69) is 33.1 Å². The molecule has 1 N–H and O–H groups in total. The number of hydrogen-bond donors (Lipinski definition) is 1. The second-order valence-electron chi connectivity index (χ2n) is 3.83. The summed E-state index contributed by atoms with van der Waals surface area (Å²) in [6.45, 7) is 2.10. The maximum Gasteiger partial charge on any atom is 0.0696 e. The Morgan fingerprint density at radius 1 is 1.46 bits per heavy atom. The van der Waals surface area contributed by atoms with Crippen LogP contribution in [0.3, 0.4) is 0 Å². The summed E-state index contributed by atoms with van der Waals surface area (Å²) in [7, 11) is 0. The molecule has 0 spiro atoms. The molecule has 2 rings (SSSR count). The second-order valence-corrected chi connectivity index (χ2v) is 4.39. The van der Waals surface area contributed by atoms with Gasteiger partial charge in [-0.15, -0.1) is 0 Å². The van der Waals surface area contributed by atoms with Crippen molar-refractivity contribution in [3.05, 3.63) is 17.0 Å². The van der Waals surface area contributed by atoms with Crippen molar-refractivity contribution >= 4 is 15.9 Å². The molecule has 3 heteroatoms. The molecule has 0 aliphatic heterocycles. The Kier molecular flexibility index (Phi) is 2.72. The minimum absolute atomic E-state index is 0.720. The Morgan fingerprint density at radius 3 is 2.77 bits per heavy atom. The van der Waals surface area contributed by atoms with Gasteiger partial charge < -0.3 is 0 Å². The lowest BCUT2D eigenvalue weighted by molar-refractivity contribution is 0.688. The first-order chi connectivity index (χ1) is 6.33. The molecule has 1 aliphatic carbocycles. The maximum absolute atomic E-state index is 4.41. The molecule has 0 atom stereocenters. The van der Waals surface area contributed by atoms with Crippen LogP contribution in [0.4, 0.5) is 0 Å². The van der Waals surface area contributed by atoms with Crippen LogP contribution < -0.4 is 0 Å². The molecule has 2 nitrogen and oxygen atoms in total. The molecule has 1 saturated carbocycles. The molecule has 0 bridgehead atoms. The van der Waals surface area contributed by atoms with Crippen LogP contribution >= 0.6 is 15.9 Å². The highest BCUT2D eigenvalue weighted by Gasteiger charge is 2.22. The van der Waals surface area contributed by atoms with Crippen molar-refractivity contribution in [1.29, 1.82) is 0 Å².